The van der Waals surface area contributed by atoms with Crippen LogP contribution in [0, 0.1) is 5.82 Å². The number of rotatable bonds is 7. The lowest BCUT2D eigenvalue weighted by Gasteiger charge is -2.37. The molecule has 134 valence electrons. The maximum absolute atomic E-state index is 13.1. The fourth-order valence-electron chi connectivity index (χ4n) is 2.81. The number of halogens is 1. The summed E-state index contributed by atoms with van der Waals surface area (Å²) >= 11 is 0. The van der Waals surface area contributed by atoms with E-state index in [-0.39, 0.29) is 18.5 Å². The molecule has 0 radical (unpaired) electrons. The summed E-state index contributed by atoms with van der Waals surface area (Å²) in [4.78, 5) is 0.316. The van der Waals surface area contributed by atoms with Crippen LogP contribution >= 0.6 is 0 Å². The van der Waals surface area contributed by atoms with Crippen molar-refractivity contribution in [3.63, 3.8) is 0 Å². The van der Waals surface area contributed by atoms with Crippen molar-refractivity contribution in [1.82, 2.24) is 4.31 Å². The van der Waals surface area contributed by atoms with Crippen molar-refractivity contribution in [3.05, 3.63) is 65.5 Å². The maximum Gasteiger partial charge on any atom is 0.243 e. The smallest absolute Gasteiger partial charge is 0.243 e. The number of sulfonamides is 1. The fraction of sp³-hybridized carbons (Fsp3) is 0.368. The average Bonchev–Trinajstić information content (AvgIpc) is 2.54. The Morgan fingerprint density at radius 1 is 1.12 bits per heavy atom. The van der Waals surface area contributed by atoms with Crippen LogP contribution in [-0.2, 0) is 27.8 Å². The largest absolute Gasteiger partial charge is 0.371 e. The van der Waals surface area contributed by atoms with Crippen LogP contribution in [0.2, 0.25) is 0 Å². The molecule has 0 saturated carbocycles. The predicted molar refractivity (Wildman–Crippen MR) is 94.2 cm³/mol. The summed E-state index contributed by atoms with van der Waals surface area (Å²) in [6.45, 7) is 3.03. The van der Waals surface area contributed by atoms with Crippen LogP contribution in [0.25, 0.3) is 0 Å². The third-order valence-electron chi connectivity index (χ3n) is 4.29. The van der Waals surface area contributed by atoms with E-state index in [1.54, 1.807) is 24.3 Å². The first-order valence-corrected chi connectivity index (χ1v) is 9.88. The van der Waals surface area contributed by atoms with E-state index in [9.17, 15) is 12.8 Å². The van der Waals surface area contributed by atoms with Crippen LogP contribution in [0.1, 0.15) is 24.5 Å². The predicted octanol–water partition coefficient (Wildman–Crippen LogP) is 3.37. The van der Waals surface area contributed by atoms with E-state index in [1.165, 1.54) is 16.4 Å². The molecule has 2 aromatic rings. The van der Waals surface area contributed by atoms with Gasteiger partial charge in [-0.05, 0) is 41.8 Å². The Morgan fingerprint density at radius 3 is 2.48 bits per heavy atom. The summed E-state index contributed by atoms with van der Waals surface area (Å²) in [5.74, 6) is -0.301. The summed E-state index contributed by atoms with van der Waals surface area (Å²) in [6, 6.07) is 13.3. The highest BCUT2D eigenvalue weighted by Crippen LogP contribution is 2.24. The molecule has 0 aliphatic carbocycles. The number of hydrogen-bond acceptors (Lipinski definition) is 3. The molecule has 0 unspecified atom stereocenters. The molecule has 2 aromatic carbocycles. The Labute approximate surface area is 148 Å². The number of ether oxygens (including phenoxy) is 1. The molecular weight excluding hydrogens is 341 g/mol. The van der Waals surface area contributed by atoms with Crippen molar-refractivity contribution in [2.45, 2.75) is 37.4 Å². The fourth-order valence-corrected chi connectivity index (χ4v) is 4.31. The maximum atomic E-state index is 13.1. The van der Waals surface area contributed by atoms with Crippen LogP contribution in [0.5, 0.6) is 0 Å². The highest BCUT2D eigenvalue weighted by atomic mass is 32.2. The standard InChI is InChI=1S/C19H22FNO3S/c1-2-4-15-7-9-19(10-8-15)25(22,23)21-12-18(13-21)24-14-16-5-3-6-17(20)11-16/h3,5-11,18H,2,4,12-14H2,1H3. The lowest BCUT2D eigenvalue weighted by Crippen LogP contribution is -2.54. The van der Waals surface area contributed by atoms with E-state index in [2.05, 4.69) is 6.92 Å². The highest BCUT2D eigenvalue weighted by Gasteiger charge is 2.37. The Balaban J connectivity index is 1.54. The second-order valence-corrected chi connectivity index (χ2v) is 8.22. The Bertz CT molecular complexity index is 815. The molecule has 1 saturated heterocycles. The van der Waals surface area contributed by atoms with Gasteiger partial charge in [-0.2, -0.15) is 4.31 Å². The molecule has 1 fully saturated rings. The second kappa shape index (κ2) is 7.64. The summed E-state index contributed by atoms with van der Waals surface area (Å²) in [7, 11) is -3.46. The average molecular weight is 363 g/mol. The highest BCUT2D eigenvalue weighted by molar-refractivity contribution is 7.89. The number of benzene rings is 2. The van der Waals surface area contributed by atoms with Gasteiger partial charge < -0.3 is 4.74 Å². The van der Waals surface area contributed by atoms with Gasteiger partial charge in [0.2, 0.25) is 10.0 Å². The quantitative estimate of drug-likeness (QED) is 0.758. The Hall–Kier alpha value is -1.76. The van der Waals surface area contributed by atoms with Gasteiger partial charge in [0, 0.05) is 13.1 Å². The van der Waals surface area contributed by atoms with Crippen LogP contribution in [-0.4, -0.2) is 31.9 Å². The molecule has 25 heavy (non-hydrogen) atoms. The lowest BCUT2D eigenvalue weighted by molar-refractivity contribution is -0.0296. The van der Waals surface area contributed by atoms with Crippen LogP contribution < -0.4 is 0 Å². The molecule has 0 bridgehead atoms. The molecule has 0 aromatic heterocycles. The molecule has 6 heteroatoms. The van der Waals surface area contributed by atoms with Crippen molar-refractivity contribution in [3.8, 4) is 0 Å². The molecule has 3 rings (SSSR count). The Kier molecular flexibility index (Phi) is 5.51. The van der Waals surface area contributed by atoms with Gasteiger partial charge in [0.1, 0.15) is 5.82 Å². The van der Waals surface area contributed by atoms with Gasteiger partial charge >= 0.3 is 0 Å². The van der Waals surface area contributed by atoms with E-state index in [0.29, 0.717) is 18.0 Å². The van der Waals surface area contributed by atoms with Crippen molar-refractivity contribution >= 4 is 10.0 Å². The SMILES string of the molecule is CCCc1ccc(S(=O)(=O)N2CC(OCc3cccc(F)c3)C2)cc1. The van der Waals surface area contributed by atoms with Crippen molar-refractivity contribution in [1.29, 1.82) is 0 Å². The third kappa shape index (κ3) is 4.26. The van der Waals surface area contributed by atoms with E-state index in [0.717, 1.165) is 24.0 Å². The van der Waals surface area contributed by atoms with Gasteiger partial charge in [0.05, 0.1) is 17.6 Å². The summed E-state index contributed by atoms with van der Waals surface area (Å²) in [5.41, 5.74) is 1.88. The van der Waals surface area contributed by atoms with Crippen molar-refractivity contribution in [2.24, 2.45) is 0 Å². The van der Waals surface area contributed by atoms with Crippen LogP contribution in [0.4, 0.5) is 4.39 Å². The van der Waals surface area contributed by atoms with Gasteiger partial charge in [0.25, 0.3) is 0 Å². The monoisotopic (exact) mass is 363 g/mol. The normalized spacial score (nSPS) is 15.9. The van der Waals surface area contributed by atoms with Gasteiger partial charge in [-0.25, -0.2) is 12.8 Å². The molecule has 0 spiro atoms. The lowest BCUT2D eigenvalue weighted by atomic mass is 10.1. The summed E-state index contributed by atoms with van der Waals surface area (Å²) in [6.07, 6.45) is 1.82. The topological polar surface area (TPSA) is 46.6 Å². The van der Waals surface area contributed by atoms with Gasteiger partial charge in [-0.1, -0.05) is 37.6 Å². The van der Waals surface area contributed by atoms with Crippen LogP contribution in [0.3, 0.4) is 0 Å². The molecule has 1 aliphatic rings. The molecule has 0 atom stereocenters. The zero-order valence-electron chi connectivity index (χ0n) is 14.2. The second-order valence-electron chi connectivity index (χ2n) is 6.28. The first-order chi connectivity index (χ1) is 12.0. The number of hydrogen-bond donors (Lipinski definition) is 0. The molecule has 0 N–H and O–H groups in total. The zero-order chi connectivity index (χ0) is 17.9. The molecule has 0 amide bonds. The number of nitrogens with zero attached hydrogens (tertiary/aromatic N) is 1. The first kappa shape index (κ1) is 18.0. The van der Waals surface area contributed by atoms with E-state index >= 15 is 0 Å². The van der Waals surface area contributed by atoms with Gasteiger partial charge in [-0.15, -0.1) is 0 Å². The van der Waals surface area contributed by atoms with E-state index in [4.69, 9.17) is 4.74 Å². The minimum atomic E-state index is -3.46. The minimum absolute atomic E-state index is 0.155. The summed E-state index contributed by atoms with van der Waals surface area (Å²) < 4.78 is 45.3. The van der Waals surface area contributed by atoms with E-state index < -0.39 is 10.0 Å². The third-order valence-corrected chi connectivity index (χ3v) is 6.13. The van der Waals surface area contributed by atoms with Crippen molar-refractivity contribution < 1.29 is 17.5 Å². The number of aryl methyl sites for hydroxylation is 1. The first-order valence-electron chi connectivity index (χ1n) is 8.44. The molecule has 1 heterocycles. The molecular formula is C19H22FNO3S. The van der Waals surface area contributed by atoms with Gasteiger partial charge in [-0.3, -0.25) is 0 Å². The van der Waals surface area contributed by atoms with Crippen LogP contribution in [0.15, 0.2) is 53.4 Å². The minimum Gasteiger partial charge on any atom is -0.371 e. The van der Waals surface area contributed by atoms with Crippen molar-refractivity contribution in [2.75, 3.05) is 13.1 Å². The zero-order valence-corrected chi connectivity index (χ0v) is 15.0. The van der Waals surface area contributed by atoms with Gasteiger partial charge in [0.15, 0.2) is 0 Å². The molecule has 4 nitrogen and oxygen atoms in total. The molecule has 1 aliphatic heterocycles. The Morgan fingerprint density at radius 2 is 1.84 bits per heavy atom. The van der Waals surface area contributed by atoms with E-state index in [1.807, 2.05) is 12.1 Å². The summed E-state index contributed by atoms with van der Waals surface area (Å²) in [5, 5.41) is 0.